The number of rotatable bonds is 2. The summed E-state index contributed by atoms with van der Waals surface area (Å²) in [5.41, 5.74) is 1.21. The largest absolute Gasteiger partial charge is 0.339 e. The highest BCUT2D eigenvalue weighted by Gasteiger charge is 2.23. The Morgan fingerprint density at radius 2 is 1.83 bits per heavy atom. The fraction of sp³-hybridized carbons (Fsp3) is 0.538. The first-order valence-corrected chi connectivity index (χ1v) is 7.12. The van der Waals surface area contributed by atoms with Crippen molar-refractivity contribution in [2.45, 2.75) is 20.3 Å². The summed E-state index contributed by atoms with van der Waals surface area (Å²) in [6, 6.07) is 1.98. The molecule has 1 aromatic heterocycles. The van der Waals surface area contributed by atoms with Gasteiger partial charge in [0, 0.05) is 33.1 Å². The summed E-state index contributed by atoms with van der Waals surface area (Å²) in [6.45, 7) is 6.22. The fourth-order valence-corrected chi connectivity index (χ4v) is 3.02. The van der Waals surface area contributed by atoms with Crippen molar-refractivity contribution in [3.05, 3.63) is 21.9 Å². The van der Waals surface area contributed by atoms with Gasteiger partial charge in [-0.2, -0.15) is 0 Å². The fourth-order valence-electron chi connectivity index (χ4n) is 2.05. The van der Waals surface area contributed by atoms with Crippen LogP contribution in [0.25, 0.3) is 0 Å². The Kier molecular flexibility index (Phi) is 4.01. The second-order valence-electron chi connectivity index (χ2n) is 4.47. The quantitative estimate of drug-likeness (QED) is 0.816. The first-order chi connectivity index (χ1) is 8.61. The number of carbonyl (C=O) groups excluding carboxylic acids is 2. The molecule has 0 radical (unpaired) electrons. The lowest BCUT2D eigenvalue weighted by molar-refractivity contribution is -0.130. The number of amides is 2. The molecule has 0 spiro atoms. The molecule has 0 bridgehead atoms. The van der Waals surface area contributed by atoms with Gasteiger partial charge in [0.2, 0.25) is 5.91 Å². The van der Waals surface area contributed by atoms with Gasteiger partial charge >= 0.3 is 0 Å². The van der Waals surface area contributed by atoms with Gasteiger partial charge in [-0.1, -0.05) is 6.92 Å². The Bertz CT molecular complexity index is 448. The number of thiophene rings is 1. The van der Waals surface area contributed by atoms with Gasteiger partial charge in [-0.05, 0) is 23.4 Å². The minimum absolute atomic E-state index is 0.0893. The Labute approximate surface area is 111 Å². The zero-order chi connectivity index (χ0) is 13.1. The third-order valence-electron chi connectivity index (χ3n) is 3.29. The Morgan fingerprint density at radius 3 is 2.33 bits per heavy atom. The molecule has 0 atom stereocenters. The molecule has 98 valence electrons. The van der Waals surface area contributed by atoms with Crippen molar-refractivity contribution < 1.29 is 9.59 Å². The van der Waals surface area contributed by atoms with Crippen LogP contribution in [0.3, 0.4) is 0 Å². The monoisotopic (exact) mass is 266 g/mol. The molecule has 0 saturated carbocycles. The molecule has 0 aromatic carbocycles. The van der Waals surface area contributed by atoms with E-state index in [0.717, 1.165) is 11.3 Å². The zero-order valence-electron chi connectivity index (χ0n) is 10.8. The predicted molar refractivity (Wildman–Crippen MR) is 71.9 cm³/mol. The van der Waals surface area contributed by atoms with E-state index in [1.165, 1.54) is 16.9 Å². The van der Waals surface area contributed by atoms with E-state index in [2.05, 4.69) is 6.92 Å². The summed E-state index contributed by atoms with van der Waals surface area (Å²) in [5.74, 6) is 0.189. The molecule has 4 nitrogen and oxygen atoms in total. The Balaban J connectivity index is 1.97. The number of hydrogen-bond acceptors (Lipinski definition) is 3. The molecule has 1 aromatic rings. The first-order valence-electron chi connectivity index (χ1n) is 6.24. The van der Waals surface area contributed by atoms with Crippen LogP contribution in [0.5, 0.6) is 0 Å². The van der Waals surface area contributed by atoms with Crippen LogP contribution in [0.1, 0.15) is 29.1 Å². The van der Waals surface area contributed by atoms with Crippen molar-refractivity contribution in [3.63, 3.8) is 0 Å². The maximum Gasteiger partial charge on any atom is 0.264 e. The first kappa shape index (κ1) is 13.1. The normalized spacial score (nSPS) is 15.9. The van der Waals surface area contributed by atoms with Crippen molar-refractivity contribution in [2.24, 2.45) is 0 Å². The summed E-state index contributed by atoms with van der Waals surface area (Å²) < 4.78 is 0. The van der Waals surface area contributed by atoms with Gasteiger partial charge < -0.3 is 9.80 Å². The second-order valence-corrected chi connectivity index (χ2v) is 5.38. The lowest BCUT2D eigenvalue weighted by atomic mass is 10.2. The maximum atomic E-state index is 12.2. The highest BCUT2D eigenvalue weighted by atomic mass is 32.1. The van der Waals surface area contributed by atoms with Crippen LogP contribution in [0.4, 0.5) is 0 Å². The van der Waals surface area contributed by atoms with E-state index < -0.39 is 0 Å². The molecule has 1 aliphatic rings. The van der Waals surface area contributed by atoms with E-state index in [-0.39, 0.29) is 11.8 Å². The third-order valence-corrected chi connectivity index (χ3v) is 4.25. The number of aryl methyl sites for hydroxylation is 1. The van der Waals surface area contributed by atoms with Gasteiger partial charge in [0.25, 0.3) is 5.91 Å². The van der Waals surface area contributed by atoms with Crippen LogP contribution in [-0.4, -0.2) is 47.8 Å². The van der Waals surface area contributed by atoms with Crippen molar-refractivity contribution in [1.82, 2.24) is 9.80 Å². The molecule has 2 rings (SSSR count). The van der Waals surface area contributed by atoms with Gasteiger partial charge in [-0.3, -0.25) is 9.59 Å². The number of carbonyl (C=O) groups is 2. The van der Waals surface area contributed by atoms with Gasteiger partial charge in [0.05, 0.1) is 4.88 Å². The lowest BCUT2D eigenvalue weighted by Gasteiger charge is -2.33. The van der Waals surface area contributed by atoms with Crippen LogP contribution in [0.15, 0.2) is 11.4 Å². The standard InChI is InChI=1S/C13H18N2O2S/c1-3-11-8-12(18-9-11)13(17)15-6-4-14(5-7-15)10(2)16/h8-9H,3-7H2,1-2H3. The average Bonchev–Trinajstić information content (AvgIpc) is 2.86. The van der Waals surface area contributed by atoms with E-state index in [9.17, 15) is 9.59 Å². The zero-order valence-corrected chi connectivity index (χ0v) is 11.6. The summed E-state index contributed by atoms with van der Waals surface area (Å²) in [7, 11) is 0. The van der Waals surface area contributed by atoms with E-state index in [0.29, 0.717) is 26.2 Å². The van der Waals surface area contributed by atoms with E-state index in [1.807, 2.05) is 16.3 Å². The number of nitrogens with zero attached hydrogens (tertiary/aromatic N) is 2. The smallest absolute Gasteiger partial charge is 0.264 e. The molecule has 0 aliphatic carbocycles. The molecule has 2 amide bonds. The molecule has 1 saturated heterocycles. The highest BCUT2D eigenvalue weighted by molar-refractivity contribution is 7.12. The molecular formula is C13H18N2O2S. The average molecular weight is 266 g/mol. The van der Waals surface area contributed by atoms with Crippen LogP contribution < -0.4 is 0 Å². The van der Waals surface area contributed by atoms with Gasteiger partial charge in [-0.25, -0.2) is 0 Å². The van der Waals surface area contributed by atoms with Crippen molar-refractivity contribution >= 4 is 23.2 Å². The summed E-state index contributed by atoms with van der Waals surface area (Å²) in [5, 5.41) is 2.04. The predicted octanol–water partition coefficient (Wildman–Crippen LogP) is 1.61. The van der Waals surface area contributed by atoms with Crippen LogP contribution >= 0.6 is 11.3 Å². The van der Waals surface area contributed by atoms with Crippen molar-refractivity contribution in [1.29, 1.82) is 0 Å². The minimum atomic E-state index is 0.0893. The summed E-state index contributed by atoms with van der Waals surface area (Å²) >= 11 is 1.51. The SMILES string of the molecule is CCc1csc(C(=O)N2CCN(C(C)=O)CC2)c1. The Morgan fingerprint density at radius 1 is 1.22 bits per heavy atom. The number of piperazine rings is 1. The third kappa shape index (κ3) is 2.72. The van der Waals surface area contributed by atoms with Crippen LogP contribution in [0, 0.1) is 0 Å². The molecule has 1 aliphatic heterocycles. The van der Waals surface area contributed by atoms with E-state index >= 15 is 0 Å². The van der Waals surface area contributed by atoms with Crippen molar-refractivity contribution in [3.8, 4) is 0 Å². The maximum absolute atomic E-state index is 12.2. The van der Waals surface area contributed by atoms with E-state index in [4.69, 9.17) is 0 Å². The molecule has 1 fully saturated rings. The molecule has 2 heterocycles. The van der Waals surface area contributed by atoms with Crippen LogP contribution in [0.2, 0.25) is 0 Å². The van der Waals surface area contributed by atoms with Gasteiger partial charge in [0.1, 0.15) is 0 Å². The molecule has 0 N–H and O–H groups in total. The Hall–Kier alpha value is -1.36. The molecule has 18 heavy (non-hydrogen) atoms. The van der Waals surface area contributed by atoms with Crippen molar-refractivity contribution in [2.75, 3.05) is 26.2 Å². The summed E-state index contributed by atoms with van der Waals surface area (Å²) in [6.07, 6.45) is 0.960. The van der Waals surface area contributed by atoms with Gasteiger partial charge in [0.15, 0.2) is 0 Å². The second kappa shape index (κ2) is 5.52. The topological polar surface area (TPSA) is 40.6 Å². The lowest BCUT2D eigenvalue weighted by Crippen LogP contribution is -2.49. The molecule has 5 heteroatoms. The summed E-state index contributed by atoms with van der Waals surface area (Å²) in [4.78, 5) is 27.9. The molecule has 0 unspecified atom stereocenters. The number of hydrogen-bond donors (Lipinski definition) is 0. The van der Waals surface area contributed by atoms with Crippen LogP contribution in [-0.2, 0) is 11.2 Å². The molecular weight excluding hydrogens is 248 g/mol. The highest BCUT2D eigenvalue weighted by Crippen LogP contribution is 2.18. The van der Waals surface area contributed by atoms with E-state index in [1.54, 1.807) is 11.8 Å². The minimum Gasteiger partial charge on any atom is -0.339 e. The van der Waals surface area contributed by atoms with Gasteiger partial charge in [-0.15, -0.1) is 11.3 Å².